The molecule has 1 N–H and O–H groups in total. The Morgan fingerprint density at radius 1 is 1.20 bits per heavy atom. The van der Waals surface area contributed by atoms with E-state index in [9.17, 15) is 18.0 Å². The molecule has 0 unspecified atom stereocenters. The highest BCUT2D eigenvalue weighted by molar-refractivity contribution is 6.33. The number of rotatable bonds is 2. The molecule has 0 saturated carbocycles. The Kier molecular flexibility index (Phi) is 3.67. The molecule has 1 heterocycles. The number of carbonyl (C=O) groups is 1. The quantitative estimate of drug-likeness (QED) is 0.849. The van der Waals surface area contributed by atoms with Crippen molar-refractivity contribution in [3.05, 3.63) is 52.8 Å². The van der Waals surface area contributed by atoms with Gasteiger partial charge in [0, 0.05) is 11.8 Å². The first kappa shape index (κ1) is 14.3. The highest BCUT2D eigenvalue weighted by atomic mass is 35.5. The Morgan fingerprint density at radius 3 is 2.45 bits per heavy atom. The second-order valence-corrected chi connectivity index (χ2v) is 4.23. The summed E-state index contributed by atoms with van der Waals surface area (Å²) in [5.41, 5.74) is -1.84. The van der Waals surface area contributed by atoms with Crippen LogP contribution in [0.5, 0.6) is 0 Å². The molecular weight excluding hydrogens is 295 g/mol. The van der Waals surface area contributed by atoms with Gasteiger partial charge >= 0.3 is 12.1 Å². The first-order valence-corrected chi connectivity index (χ1v) is 5.74. The molecule has 3 nitrogen and oxygen atoms in total. The monoisotopic (exact) mass is 301 g/mol. The van der Waals surface area contributed by atoms with Gasteiger partial charge in [-0.3, -0.25) is 0 Å². The number of benzene rings is 1. The minimum Gasteiger partial charge on any atom is -0.478 e. The van der Waals surface area contributed by atoms with Gasteiger partial charge in [0.1, 0.15) is 5.15 Å². The molecular formula is C13H7ClF3NO2. The van der Waals surface area contributed by atoms with Crippen LogP contribution < -0.4 is 0 Å². The summed E-state index contributed by atoms with van der Waals surface area (Å²) >= 11 is 5.79. The van der Waals surface area contributed by atoms with Crippen molar-refractivity contribution in [1.82, 2.24) is 4.98 Å². The van der Waals surface area contributed by atoms with Crippen LogP contribution >= 0.6 is 11.6 Å². The van der Waals surface area contributed by atoms with E-state index in [0.29, 0.717) is 0 Å². The Hall–Kier alpha value is -2.08. The Bertz CT molecular complexity index is 671. The van der Waals surface area contributed by atoms with Crippen molar-refractivity contribution in [3.63, 3.8) is 0 Å². The zero-order valence-corrected chi connectivity index (χ0v) is 10.5. The van der Waals surface area contributed by atoms with Crippen LogP contribution in [0.2, 0.25) is 5.15 Å². The van der Waals surface area contributed by atoms with Crippen LogP contribution in [0.1, 0.15) is 15.9 Å². The van der Waals surface area contributed by atoms with Crippen LogP contribution in [-0.4, -0.2) is 16.1 Å². The van der Waals surface area contributed by atoms with Gasteiger partial charge in [0.2, 0.25) is 0 Å². The molecule has 2 rings (SSSR count). The summed E-state index contributed by atoms with van der Waals surface area (Å²) in [6.07, 6.45) is -3.49. The number of hydrogen-bond donors (Lipinski definition) is 1. The molecule has 0 amide bonds. The van der Waals surface area contributed by atoms with Crippen molar-refractivity contribution in [3.8, 4) is 11.1 Å². The standard InChI is InChI=1S/C13H7ClF3NO2/c14-11-10(8(12(19)20)5-6-18-11)7-3-1-2-4-9(7)13(15,16)17/h1-6H,(H,19,20). The van der Waals surface area contributed by atoms with Crippen molar-refractivity contribution in [2.75, 3.05) is 0 Å². The highest BCUT2D eigenvalue weighted by Crippen LogP contribution is 2.40. The van der Waals surface area contributed by atoms with Crippen LogP contribution in [0.15, 0.2) is 36.5 Å². The highest BCUT2D eigenvalue weighted by Gasteiger charge is 2.34. The molecule has 0 fully saturated rings. The summed E-state index contributed by atoms with van der Waals surface area (Å²) < 4.78 is 39.0. The van der Waals surface area contributed by atoms with E-state index in [0.717, 1.165) is 24.4 Å². The van der Waals surface area contributed by atoms with Crippen LogP contribution in [-0.2, 0) is 6.18 Å². The van der Waals surface area contributed by atoms with Crippen LogP contribution in [0.4, 0.5) is 13.2 Å². The minimum absolute atomic E-state index is 0.241. The van der Waals surface area contributed by atoms with E-state index in [-0.39, 0.29) is 21.8 Å². The molecule has 20 heavy (non-hydrogen) atoms. The summed E-state index contributed by atoms with van der Waals surface area (Å²) in [7, 11) is 0. The van der Waals surface area contributed by atoms with Crippen molar-refractivity contribution in [2.45, 2.75) is 6.18 Å². The summed E-state index contributed by atoms with van der Waals surface area (Å²) in [5.74, 6) is -1.37. The number of carboxylic acid groups (broad SMARTS) is 1. The lowest BCUT2D eigenvalue weighted by Gasteiger charge is -2.15. The lowest BCUT2D eigenvalue weighted by molar-refractivity contribution is -0.137. The lowest BCUT2D eigenvalue weighted by Crippen LogP contribution is -2.09. The number of nitrogens with zero attached hydrogens (tertiary/aromatic N) is 1. The molecule has 0 radical (unpaired) electrons. The number of halogens is 4. The number of aromatic nitrogens is 1. The van der Waals surface area contributed by atoms with Crippen LogP contribution in [0.3, 0.4) is 0 Å². The SMILES string of the molecule is O=C(O)c1ccnc(Cl)c1-c1ccccc1C(F)(F)F. The van der Waals surface area contributed by atoms with Gasteiger partial charge < -0.3 is 5.11 Å². The van der Waals surface area contributed by atoms with Crippen molar-refractivity contribution >= 4 is 17.6 Å². The van der Waals surface area contributed by atoms with Gasteiger partial charge in [0.25, 0.3) is 0 Å². The number of pyridine rings is 1. The largest absolute Gasteiger partial charge is 0.478 e. The molecule has 0 spiro atoms. The number of carboxylic acids is 1. The predicted molar refractivity (Wildman–Crippen MR) is 66.6 cm³/mol. The topological polar surface area (TPSA) is 50.2 Å². The van der Waals surface area contributed by atoms with Gasteiger partial charge in [0.15, 0.2) is 0 Å². The van der Waals surface area contributed by atoms with E-state index >= 15 is 0 Å². The Morgan fingerprint density at radius 2 is 1.85 bits per heavy atom. The lowest BCUT2D eigenvalue weighted by atomic mass is 9.97. The summed E-state index contributed by atoms with van der Waals surface area (Å²) in [5, 5.41) is 8.79. The van der Waals surface area contributed by atoms with Crippen LogP contribution in [0, 0.1) is 0 Å². The molecule has 0 aliphatic heterocycles. The first-order valence-electron chi connectivity index (χ1n) is 5.36. The zero-order chi connectivity index (χ0) is 14.9. The maximum absolute atomic E-state index is 13.0. The van der Waals surface area contributed by atoms with Gasteiger partial charge in [-0.2, -0.15) is 13.2 Å². The minimum atomic E-state index is -4.62. The average Bonchev–Trinajstić information content (AvgIpc) is 2.37. The molecule has 0 atom stereocenters. The van der Waals surface area contributed by atoms with Gasteiger partial charge in [-0.25, -0.2) is 9.78 Å². The molecule has 104 valence electrons. The van der Waals surface area contributed by atoms with Gasteiger partial charge in [-0.15, -0.1) is 0 Å². The second-order valence-electron chi connectivity index (χ2n) is 3.87. The molecule has 2 aromatic rings. The van der Waals surface area contributed by atoms with Crippen molar-refractivity contribution < 1.29 is 23.1 Å². The Labute approximate surface area is 116 Å². The summed E-state index contributed by atoms with van der Waals surface area (Å²) in [4.78, 5) is 14.8. The fourth-order valence-electron chi connectivity index (χ4n) is 1.82. The molecule has 1 aromatic carbocycles. The molecule has 0 aliphatic carbocycles. The number of hydrogen-bond acceptors (Lipinski definition) is 2. The smallest absolute Gasteiger partial charge is 0.417 e. The molecule has 0 bridgehead atoms. The fourth-order valence-corrected chi connectivity index (χ4v) is 2.08. The van der Waals surface area contributed by atoms with E-state index in [2.05, 4.69) is 4.98 Å². The maximum atomic E-state index is 13.0. The number of alkyl halides is 3. The third kappa shape index (κ3) is 2.60. The van der Waals surface area contributed by atoms with E-state index in [4.69, 9.17) is 16.7 Å². The summed E-state index contributed by atoms with van der Waals surface area (Å²) in [6, 6.07) is 5.73. The van der Waals surface area contributed by atoms with E-state index in [1.165, 1.54) is 12.1 Å². The summed E-state index contributed by atoms with van der Waals surface area (Å²) in [6.45, 7) is 0. The predicted octanol–water partition coefficient (Wildman–Crippen LogP) is 4.12. The normalized spacial score (nSPS) is 11.4. The van der Waals surface area contributed by atoms with Crippen molar-refractivity contribution in [2.24, 2.45) is 0 Å². The molecule has 1 aromatic heterocycles. The van der Waals surface area contributed by atoms with Crippen LogP contribution in [0.25, 0.3) is 11.1 Å². The molecule has 0 aliphatic rings. The zero-order valence-electron chi connectivity index (χ0n) is 9.78. The second kappa shape index (κ2) is 5.13. The van der Waals surface area contributed by atoms with E-state index in [1.807, 2.05) is 0 Å². The van der Waals surface area contributed by atoms with Gasteiger partial charge in [-0.1, -0.05) is 29.8 Å². The molecule has 0 saturated heterocycles. The van der Waals surface area contributed by atoms with E-state index < -0.39 is 17.7 Å². The van der Waals surface area contributed by atoms with Crippen molar-refractivity contribution in [1.29, 1.82) is 0 Å². The van der Waals surface area contributed by atoms with Gasteiger partial charge in [-0.05, 0) is 17.7 Å². The third-order valence-electron chi connectivity index (χ3n) is 2.64. The maximum Gasteiger partial charge on any atom is 0.417 e. The third-order valence-corrected chi connectivity index (χ3v) is 2.92. The van der Waals surface area contributed by atoms with Gasteiger partial charge in [0.05, 0.1) is 11.1 Å². The average molecular weight is 302 g/mol. The number of aromatic carboxylic acids is 1. The van der Waals surface area contributed by atoms with E-state index in [1.54, 1.807) is 0 Å². The fraction of sp³-hybridized carbons (Fsp3) is 0.0769. The first-order chi connectivity index (χ1) is 9.32. The Balaban J connectivity index is 2.79. The molecule has 7 heteroatoms.